The molecular weight excluding hydrogens is 182 g/mol. The molecule has 0 saturated heterocycles. The van der Waals surface area contributed by atoms with Crippen LogP contribution in [0.4, 0.5) is 5.69 Å². The first-order chi connectivity index (χ1) is 7.16. The highest BCUT2D eigenvalue weighted by Crippen LogP contribution is 2.40. The Morgan fingerprint density at radius 1 is 1.00 bits per heavy atom. The Bertz CT molecular complexity index is 322. The zero-order valence-corrected chi connectivity index (χ0v) is 9.74. The van der Waals surface area contributed by atoms with Gasteiger partial charge in [-0.05, 0) is 48.6 Å². The molecule has 1 saturated carbocycles. The van der Waals surface area contributed by atoms with Crippen LogP contribution in [0.25, 0.3) is 0 Å². The van der Waals surface area contributed by atoms with Gasteiger partial charge in [-0.2, -0.15) is 0 Å². The van der Waals surface area contributed by atoms with Crippen molar-refractivity contribution < 1.29 is 0 Å². The molecule has 2 N–H and O–H groups in total. The van der Waals surface area contributed by atoms with Gasteiger partial charge in [0.2, 0.25) is 0 Å². The highest BCUT2D eigenvalue weighted by Gasteiger charge is 2.25. The number of benzene rings is 1. The molecule has 0 radical (unpaired) electrons. The molecule has 3 atom stereocenters. The van der Waals surface area contributed by atoms with E-state index in [1.807, 2.05) is 12.1 Å². The molecule has 1 aromatic rings. The van der Waals surface area contributed by atoms with Gasteiger partial charge in [0.1, 0.15) is 0 Å². The minimum absolute atomic E-state index is 0.685. The number of para-hydroxylation sites is 1. The molecule has 0 aromatic heterocycles. The van der Waals surface area contributed by atoms with E-state index in [4.69, 9.17) is 5.73 Å². The van der Waals surface area contributed by atoms with Crippen LogP contribution in [-0.2, 0) is 0 Å². The van der Waals surface area contributed by atoms with Gasteiger partial charge in [0.15, 0.2) is 0 Å². The summed E-state index contributed by atoms with van der Waals surface area (Å²) in [5.41, 5.74) is 8.39. The Morgan fingerprint density at radius 3 is 2.20 bits per heavy atom. The van der Waals surface area contributed by atoms with E-state index in [1.165, 1.54) is 24.8 Å². The Balaban J connectivity index is 2.20. The van der Waals surface area contributed by atoms with E-state index in [-0.39, 0.29) is 0 Å². The first kappa shape index (κ1) is 10.5. The molecule has 0 aliphatic heterocycles. The molecule has 0 bridgehead atoms. The van der Waals surface area contributed by atoms with E-state index in [2.05, 4.69) is 26.0 Å². The quantitative estimate of drug-likeness (QED) is 0.690. The van der Waals surface area contributed by atoms with Crippen molar-refractivity contribution >= 4 is 5.69 Å². The zero-order valence-electron chi connectivity index (χ0n) is 9.74. The van der Waals surface area contributed by atoms with Crippen LogP contribution < -0.4 is 5.73 Å². The molecular formula is C14H21N. The minimum atomic E-state index is 0.685. The van der Waals surface area contributed by atoms with Gasteiger partial charge >= 0.3 is 0 Å². The van der Waals surface area contributed by atoms with Gasteiger partial charge in [0, 0.05) is 5.69 Å². The van der Waals surface area contributed by atoms with Crippen LogP contribution in [0.2, 0.25) is 0 Å². The van der Waals surface area contributed by atoms with Crippen molar-refractivity contribution in [1.29, 1.82) is 0 Å². The van der Waals surface area contributed by atoms with Crippen molar-refractivity contribution in [3.8, 4) is 0 Å². The van der Waals surface area contributed by atoms with E-state index >= 15 is 0 Å². The van der Waals surface area contributed by atoms with Gasteiger partial charge in [-0.25, -0.2) is 0 Å². The lowest BCUT2D eigenvalue weighted by molar-refractivity contribution is 0.269. The van der Waals surface area contributed by atoms with Crippen LogP contribution in [0.15, 0.2) is 24.3 Å². The van der Waals surface area contributed by atoms with E-state index in [1.54, 1.807) is 0 Å². The van der Waals surface area contributed by atoms with E-state index < -0.39 is 0 Å². The van der Waals surface area contributed by atoms with Gasteiger partial charge in [0.05, 0.1) is 0 Å². The molecule has 1 fully saturated rings. The molecule has 1 aliphatic carbocycles. The molecule has 0 heterocycles. The van der Waals surface area contributed by atoms with Gasteiger partial charge in [-0.15, -0.1) is 0 Å². The van der Waals surface area contributed by atoms with E-state index in [0.717, 1.165) is 17.5 Å². The maximum atomic E-state index is 6.04. The SMILES string of the molecule is C[C@@H]1CC(c2ccccc2N)C[C@H](C)C1. The fourth-order valence-electron chi connectivity index (χ4n) is 3.08. The third kappa shape index (κ3) is 2.34. The summed E-state index contributed by atoms with van der Waals surface area (Å²) in [6.07, 6.45) is 3.99. The Labute approximate surface area is 92.7 Å². The van der Waals surface area contributed by atoms with E-state index in [0.29, 0.717) is 5.92 Å². The van der Waals surface area contributed by atoms with Crippen LogP contribution >= 0.6 is 0 Å². The van der Waals surface area contributed by atoms with Gasteiger partial charge in [0.25, 0.3) is 0 Å². The Hall–Kier alpha value is -0.980. The van der Waals surface area contributed by atoms with Crippen LogP contribution in [0, 0.1) is 11.8 Å². The Kier molecular flexibility index (Phi) is 2.99. The van der Waals surface area contributed by atoms with Crippen molar-refractivity contribution in [3.05, 3.63) is 29.8 Å². The summed E-state index contributed by atoms with van der Waals surface area (Å²) >= 11 is 0. The predicted octanol–water partition coefficient (Wildman–Crippen LogP) is 3.81. The summed E-state index contributed by atoms with van der Waals surface area (Å²) in [5, 5.41) is 0. The first-order valence-electron chi connectivity index (χ1n) is 6.01. The smallest absolute Gasteiger partial charge is 0.0349 e. The topological polar surface area (TPSA) is 26.0 Å². The maximum Gasteiger partial charge on any atom is 0.0349 e. The van der Waals surface area contributed by atoms with Crippen LogP contribution in [0.3, 0.4) is 0 Å². The van der Waals surface area contributed by atoms with Crippen molar-refractivity contribution in [3.63, 3.8) is 0 Å². The molecule has 1 unspecified atom stereocenters. The monoisotopic (exact) mass is 203 g/mol. The molecule has 82 valence electrons. The second kappa shape index (κ2) is 4.26. The molecule has 15 heavy (non-hydrogen) atoms. The van der Waals surface area contributed by atoms with Crippen molar-refractivity contribution in [2.24, 2.45) is 11.8 Å². The third-order valence-corrected chi connectivity index (χ3v) is 3.61. The lowest BCUT2D eigenvalue weighted by Crippen LogP contribution is -2.18. The van der Waals surface area contributed by atoms with Crippen molar-refractivity contribution in [1.82, 2.24) is 0 Å². The fourth-order valence-corrected chi connectivity index (χ4v) is 3.08. The van der Waals surface area contributed by atoms with Crippen molar-refractivity contribution in [2.45, 2.75) is 39.0 Å². The zero-order chi connectivity index (χ0) is 10.8. The van der Waals surface area contributed by atoms with Crippen LogP contribution in [0.5, 0.6) is 0 Å². The number of nitrogen functional groups attached to an aromatic ring is 1. The average molecular weight is 203 g/mol. The normalized spacial score (nSPS) is 31.5. The van der Waals surface area contributed by atoms with Crippen LogP contribution in [-0.4, -0.2) is 0 Å². The molecule has 1 aliphatic rings. The lowest BCUT2D eigenvalue weighted by atomic mass is 9.74. The molecule has 0 amide bonds. The summed E-state index contributed by atoms with van der Waals surface area (Å²) < 4.78 is 0. The number of nitrogens with two attached hydrogens (primary N) is 1. The molecule has 1 aromatic carbocycles. The molecule has 1 nitrogen and oxygen atoms in total. The third-order valence-electron chi connectivity index (χ3n) is 3.61. The predicted molar refractivity (Wildman–Crippen MR) is 65.8 cm³/mol. The second-order valence-electron chi connectivity index (χ2n) is 5.24. The van der Waals surface area contributed by atoms with Gasteiger partial charge < -0.3 is 5.73 Å². The minimum Gasteiger partial charge on any atom is -0.398 e. The van der Waals surface area contributed by atoms with E-state index in [9.17, 15) is 0 Å². The highest BCUT2D eigenvalue weighted by molar-refractivity contribution is 5.48. The van der Waals surface area contributed by atoms with Crippen molar-refractivity contribution in [2.75, 3.05) is 5.73 Å². The molecule has 1 heteroatoms. The first-order valence-corrected chi connectivity index (χ1v) is 6.01. The lowest BCUT2D eigenvalue weighted by Gasteiger charge is -2.32. The fraction of sp³-hybridized carbons (Fsp3) is 0.571. The number of rotatable bonds is 1. The number of anilines is 1. The summed E-state index contributed by atoms with van der Waals surface area (Å²) in [6.45, 7) is 4.73. The summed E-state index contributed by atoms with van der Waals surface area (Å²) in [4.78, 5) is 0. The van der Waals surface area contributed by atoms with Gasteiger partial charge in [-0.3, -0.25) is 0 Å². The summed E-state index contributed by atoms with van der Waals surface area (Å²) in [7, 11) is 0. The number of hydrogen-bond donors (Lipinski definition) is 1. The maximum absolute atomic E-state index is 6.04. The molecule has 0 spiro atoms. The van der Waals surface area contributed by atoms with Crippen LogP contribution in [0.1, 0.15) is 44.6 Å². The average Bonchev–Trinajstić information content (AvgIpc) is 2.16. The van der Waals surface area contributed by atoms with Gasteiger partial charge in [-0.1, -0.05) is 32.0 Å². The standard InChI is InChI=1S/C14H21N/c1-10-7-11(2)9-12(8-10)13-5-3-4-6-14(13)15/h3-6,10-12H,7-9,15H2,1-2H3/t10-,11+,12?. The number of hydrogen-bond acceptors (Lipinski definition) is 1. The largest absolute Gasteiger partial charge is 0.398 e. The summed E-state index contributed by atoms with van der Waals surface area (Å²) in [5.74, 6) is 2.38. The second-order valence-corrected chi connectivity index (χ2v) is 5.24. The summed E-state index contributed by atoms with van der Waals surface area (Å²) in [6, 6.07) is 8.36. The molecule has 2 rings (SSSR count). The highest BCUT2D eigenvalue weighted by atomic mass is 14.6. The Morgan fingerprint density at radius 2 is 1.60 bits per heavy atom.